The highest BCUT2D eigenvalue weighted by molar-refractivity contribution is 7.26. The summed E-state index contributed by atoms with van der Waals surface area (Å²) in [4.78, 5) is 2.37. The first-order chi connectivity index (χ1) is 22.1. The molecule has 2 heteroatoms. The van der Waals surface area contributed by atoms with Gasteiger partial charge in [0.15, 0.2) is 0 Å². The van der Waals surface area contributed by atoms with E-state index in [2.05, 4.69) is 170 Å². The summed E-state index contributed by atoms with van der Waals surface area (Å²) in [6, 6.07) is 55.6. The topological polar surface area (TPSA) is 3.24 Å². The molecule has 0 N–H and O–H groups in total. The summed E-state index contributed by atoms with van der Waals surface area (Å²) in [7, 11) is 0. The van der Waals surface area contributed by atoms with Gasteiger partial charge in [-0.15, -0.1) is 11.3 Å². The smallest absolute Gasteiger partial charge is 0.0468 e. The van der Waals surface area contributed by atoms with Gasteiger partial charge in [-0.3, -0.25) is 0 Å². The molecule has 214 valence electrons. The summed E-state index contributed by atoms with van der Waals surface area (Å²) in [6.45, 7) is 4.72. The molecule has 0 fully saturated rings. The summed E-state index contributed by atoms with van der Waals surface area (Å²) in [5, 5.41) is 5.18. The zero-order valence-corrected chi connectivity index (χ0v) is 26.1. The molecule has 0 saturated heterocycles. The Labute approximate surface area is 267 Å². The molecule has 0 unspecified atom stereocenters. The maximum Gasteiger partial charge on any atom is 0.0468 e. The molecule has 45 heavy (non-hydrogen) atoms. The monoisotopic (exact) mass is 593 g/mol. The predicted octanol–water partition coefficient (Wildman–Crippen LogP) is 12.7. The first kappa shape index (κ1) is 26.2. The number of hydrogen-bond acceptors (Lipinski definition) is 2. The molecule has 7 aromatic carbocycles. The minimum Gasteiger partial charge on any atom is -0.310 e. The summed E-state index contributed by atoms with van der Waals surface area (Å²) in [5.74, 6) is 0. The van der Waals surface area contributed by atoms with Gasteiger partial charge >= 0.3 is 0 Å². The quantitative estimate of drug-likeness (QED) is 0.196. The zero-order chi connectivity index (χ0) is 30.1. The second kappa shape index (κ2) is 9.92. The third kappa shape index (κ3) is 4.06. The average molecular weight is 594 g/mol. The van der Waals surface area contributed by atoms with Crippen LogP contribution >= 0.6 is 11.3 Å². The molecule has 1 nitrogen and oxygen atoms in total. The van der Waals surface area contributed by atoms with Crippen molar-refractivity contribution in [3.05, 3.63) is 163 Å². The lowest BCUT2D eigenvalue weighted by Gasteiger charge is -2.26. The van der Waals surface area contributed by atoms with E-state index in [9.17, 15) is 0 Å². The zero-order valence-electron chi connectivity index (χ0n) is 25.3. The van der Waals surface area contributed by atoms with E-state index in [4.69, 9.17) is 0 Å². The highest BCUT2D eigenvalue weighted by atomic mass is 32.1. The van der Waals surface area contributed by atoms with Crippen molar-refractivity contribution in [1.29, 1.82) is 0 Å². The van der Waals surface area contributed by atoms with Crippen molar-refractivity contribution in [2.45, 2.75) is 19.3 Å². The molecule has 9 rings (SSSR count). The van der Waals surface area contributed by atoms with Gasteiger partial charge in [-0.25, -0.2) is 0 Å². The van der Waals surface area contributed by atoms with E-state index >= 15 is 0 Å². The molecule has 0 bridgehead atoms. The third-order valence-corrected chi connectivity index (χ3v) is 10.9. The molecule has 1 aliphatic carbocycles. The first-order valence-corrected chi connectivity index (χ1v) is 16.4. The summed E-state index contributed by atoms with van der Waals surface area (Å²) < 4.78 is 2.72. The van der Waals surface area contributed by atoms with Crippen LogP contribution in [-0.2, 0) is 5.41 Å². The minimum absolute atomic E-state index is 0.00453. The molecular formula is C43H31NS. The Morgan fingerprint density at radius 3 is 2.02 bits per heavy atom. The van der Waals surface area contributed by atoms with Crippen molar-refractivity contribution < 1.29 is 0 Å². The van der Waals surface area contributed by atoms with Crippen LogP contribution in [0.4, 0.5) is 17.1 Å². The second-order valence-electron chi connectivity index (χ2n) is 12.6. The molecular weight excluding hydrogens is 563 g/mol. The van der Waals surface area contributed by atoms with Crippen LogP contribution in [0.25, 0.3) is 53.2 Å². The fourth-order valence-electron chi connectivity index (χ4n) is 7.34. The van der Waals surface area contributed by atoms with Crippen molar-refractivity contribution in [1.82, 2.24) is 0 Å². The van der Waals surface area contributed by atoms with Crippen LogP contribution in [0.15, 0.2) is 152 Å². The number of anilines is 3. The number of thiophene rings is 1. The highest BCUT2D eigenvalue weighted by Crippen LogP contribution is 2.54. The Kier molecular flexibility index (Phi) is 5.78. The Morgan fingerprint density at radius 2 is 1.18 bits per heavy atom. The van der Waals surface area contributed by atoms with Gasteiger partial charge in [0.1, 0.15) is 0 Å². The lowest BCUT2D eigenvalue weighted by Crippen LogP contribution is -2.14. The molecule has 1 heterocycles. The Balaban J connectivity index is 1.17. The van der Waals surface area contributed by atoms with Crippen molar-refractivity contribution >= 4 is 59.3 Å². The largest absolute Gasteiger partial charge is 0.310 e. The number of para-hydroxylation sites is 1. The molecule has 0 amide bonds. The number of benzene rings is 7. The van der Waals surface area contributed by atoms with Gasteiger partial charge in [0.2, 0.25) is 0 Å². The molecule has 0 saturated carbocycles. The number of hydrogen-bond donors (Lipinski definition) is 0. The van der Waals surface area contributed by atoms with Gasteiger partial charge in [-0.2, -0.15) is 0 Å². The molecule has 1 aromatic heterocycles. The maximum absolute atomic E-state index is 2.39. The van der Waals surface area contributed by atoms with Crippen LogP contribution < -0.4 is 4.90 Å². The van der Waals surface area contributed by atoms with Crippen molar-refractivity contribution in [3.63, 3.8) is 0 Å². The van der Waals surface area contributed by atoms with E-state index in [1.165, 1.54) is 64.3 Å². The maximum atomic E-state index is 2.39. The first-order valence-electron chi connectivity index (χ1n) is 15.6. The Bertz CT molecular complexity index is 2400. The normalized spacial score (nSPS) is 13.3. The van der Waals surface area contributed by atoms with E-state index in [1.54, 1.807) is 0 Å². The fraction of sp³-hybridized carbons (Fsp3) is 0.0698. The lowest BCUT2D eigenvalue weighted by atomic mass is 9.82. The van der Waals surface area contributed by atoms with Gasteiger partial charge in [0.05, 0.1) is 0 Å². The number of nitrogens with zero attached hydrogens (tertiary/aromatic N) is 1. The van der Waals surface area contributed by atoms with E-state index in [0.29, 0.717) is 0 Å². The SMILES string of the molecule is CC1(C)c2ccccc2-c2c1ccc1c2sc2ccc(N(c3ccccc3)c3ccc(-c4ccc5ccccc5c4)cc3)cc21. The molecule has 0 spiro atoms. The van der Waals surface area contributed by atoms with Crippen LogP contribution in [0.3, 0.4) is 0 Å². The molecule has 0 aliphatic heterocycles. The highest BCUT2D eigenvalue weighted by Gasteiger charge is 2.36. The number of rotatable bonds is 4. The lowest BCUT2D eigenvalue weighted by molar-refractivity contribution is 0.661. The molecule has 0 atom stereocenters. The van der Waals surface area contributed by atoms with Crippen LogP contribution in [0.5, 0.6) is 0 Å². The predicted molar refractivity (Wildman–Crippen MR) is 195 cm³/mol. The van der Waals surface area contributed by atoms with Crippen molar-refractivity contribution in [2.75, 3.05) is 4.90 Å². The van der Waals surface area contributed by atoms with Crippen LogP contribution in [-0.4, -0.2) is 0 Å². The molecule has 8 aromatic rings. The minimum atomic E-state index is 0.00453. The van der Waals surface area contributed by atoms with Gasteiger partial charge in [-0.05, 0) is 87.1 Å². The Hall–Kier alpha value is -5.18. The van der Waals surface area contributed by atoms with Gasteiger partial charge in [0.25, 0.3) is 0 Å². The van der Waals surface area contributed by atoms with Gasteiger partial charge in [0, 0.05) is 48.2 Å². The van der Waals surface area contributed by atoms with Crippen LogP contribution in [0.1, 0.15) is 25.0 Å². The standard InChI is InChI=1S/C43H31NS/c1-43(2)38-15-9-8-14-36(38)41-39(43)24-23-35-37-27-34(22-25-40(37)45-42(35)41)44(32-12-4-3-5-13-32)33-20-18-29(19-21-33)31-17-16-28-10-6-7-11-30(28)26-31/h3-27H,1-2H3. The van der Waals surface area contributed by atoms with Crippen molar-refractivity contribution in [3.8, 4) is 22.3 Å². The summed E-state index contributed by atoms with van der Waals surface area (Å²) in [6.07, 6.45) is 0. The van der Waals surface area contributed by atoms with E-state index in [0.717, 1.165) is 17.1 Å². The van der Waals surface area contributed by atoms with E-state index in [-0.39, 0.29) is 5.41 Å². The van der Waals surface area contributed by atoms with Crippen molar-refractivity contribution in [2.24, 2.45) is 0 Å². The van der Waals surface area contributed by atoms with E-state index in [1.807, 2.05) is 11.3 Å². The average Bonchev–Trinajstić information content (AvgIpc) is 3.57. The fourth-order valence-corrected chi connectivity index (χ4v) is 8.59. The third-order valence-electron chi connectivity index (χ3n) is 9.65. The van der Waals surface area contributed by atoms with Gasteiger partial charge in [-0.1, -0.05) is 117 Å². The molecule has 1 aliphatic rings. The Morgan fingerprint density at radius 1 is 0.489 bits per heavy atom. The van der Waals surface area contributed by atoms with Gasteiger partial charge < -0.3 is 4.90 Å². The second-order valence-corrected chi connectivity index (χ2v) is 13.6. The van der Waals surface area contributed by atoms with Crippen LogP contribution in [0, 0.1) is 0 Å². The summed E-state index contributed by atoms with van der Waals surface area (Å²) >= 11 is 1.93. The van der Waals surface area contributed by atoms with E-state index < -0.39 is 0 Å². The summed E-state index contributed by atoms with van der Waals surface area (Å²) in [5.41, 5.74) is 11.6. The molecule has 0 radical (unpaired) electrons. The number of fused-ring (bicyclic) bond motifs is 8. The van der Waals surface area contributed by atoms with Crippen LogP contribution in [0.2, 0.25) is 0 Å².